The monoisotopic (exact) mass is 288 g/mol. The Balaban J connectivity index is 2.29. The van der Waals surface area contributed by atoms with E-state index in [-0.39, 0.29) is 16.0 Å². The molecule has 1 aliphatic rings. The maximum atomic E-state index is 12.5. The number of piperidine rings is 1. The summed E-state index contributed by atoms with van der Waals surface area (Å²) in [6.07, 6.45) is 1.88. The summed E-state index contributed by atoms with van der Waals surface area (Å²) in [7, 11) is -1.62. The van der Waals surface area contributed by atoms with Crippen LogP contribution >= 0.6 is 11.6 Å². The molecule has 0 aliphatic carbocycles. The van der Waals surface area contributed by atoms with Crippen LogP contribution in [0.25, 0.3) is 0 Å². The minimum absolute atomic E-state index is 0.198. The molecule has 1 heterocycles. The molecule has 0 radical (unpaired) electrons. The van der Waals surface area contributed by atoms with Gasteiger partial charge < -0.3 is 5.32 Å². The van der Waals surface area contributed by atoms with Crippen molar-refractivity contribution in [2.24, 2.45) is 0 Å². The van der Waals surface area contributed by atoms with E-state index in [2.05, 4.69) is 5.32 Å². The van der Waals surface area contributed by atoms with Crippen molar-refractivity contribution in [3.63, 3.8) is 0 Å². The minimum atomic E-state index is -3.47. The average Bonchev–Trinajstić information content (AvgIpc) is 2.39. The van der Waals surface area contributed by atoms with Gasteiger partial charge in [0.05, 0.1) is 5.02 Å². The molecule has 0 amide bonds. The van der Waals surface area contributed by atoms with Crippen LogP contribution in [-0.4, -0.2) is 38.9 Å². The Morgan fingerprint density at radius 2 is 2.11 bits per heavy atom. The van der Waals surface area contributed by atoms with Crippen molar-refractivity contribution in [1.29, 1.82) is 0 Å². The molecular weight excluding hydrogens is 272 g/mol. The SMILES string of the molecule is CNC1CCCN(S(=O)(=O)c2ccccc2Cl)C1. The van der Waals surface area contributed by atoms with Crippen LogP contribution in [0.4, 0.5) is 0 Å². The average molecular weight is 289 g/mol. The number of halogens is 1. The third kappa shape index (κ3) is 2.69. The fourth-order valence-electron chi connectivity index (χ4n) is 2.19. The number of sulfonamides is 1. The maximum Gasteiger partial charge on any atom is 0.244 e. The van der Waals surface area contributed by atoms with Crippen LogP contribution in [0.2, 0.25) is 5.02 Å². The highest BCUT2D eigenvalue weighted by Crippen LogP contribution is 2.26. The van der Waals surface area contributed by atoms with Crippen LogP contribution in [-0.2, 0) is 10.0 Å². The number of likely N-dealkylation sites (N-methyl/N-ethyl adjacent to an activating group) is 1. The summed E-state index contributed by atoms with van der Waals surface area (Å²) in [6, 6.07) is 6.80. The molecule has 18 heavy (non-hydrogen) atoms. The van der Waals surface area contributed by atoms with E-state index in [0.717, 1.165) is 12.8 Å². The van der Waals surface area contributed by atoms with Gasteiger partial charge >= 0.3 is 0 Å². The van der Waals surface area contributed by atoms with Gasteiger partial charge in [-0.15, -0.1) is 0 Å². The third-order valence-corrected chi connectivity index (χ3v) is 5.61. The molecule has 4 nitrogen and oxygen atoms in total. The summed E-state index contributed by atoms with van der Waals surface area (Å²) < 4.78 is 26.5. The van der Waals surface area contributed by atoms with Crippen molar-refractivity contribution in [2.45, 2.75) is 23.8 Å². The predicted octanol–water partition coefficient (Wildman–Crippen LogP) is 1.71. The molecule has 0 saturated carbocycles. The maximum absolute atomic E-state index is 12.5. The van der Waals surface area contributed by atoms with E-state index in [4.69, 9.17) is 11.6 Å². The molecule has 1 aromatic rings. The molecule has 100 valence electrons. The Bertz CT molecular complexity index is 519. The van der Waals surface area contributed by atoms with Gasteiger partial charge in [-0.05, 0) is 32.0 Å². The molecule has 1 atom stereocenters. The molecule has 0 spiro atoms. The van der Waals surface area contributed by atoms with Gasteiger partial charge in [-0.3, -0.25) is 0 Å². The summed E-state index contributed by atoms with van der Waals surface area (Å²) in [6.45, 7) is 1.07. The first-order valence-corrected chi connectivity index (χ1v) is 7.79. The van der Waals surface area contributed by atoms with Crippen LogP contribution in [0.3, 0.4) is 0 Å². The van der Waals surface area contributed by atoms with E-state index >= 15 is 0 Å². The molecule has 1 fully saturated rings. The standard InChI is InChI=1S/C12H17ClN2O2S/c1-14-10-5-4-8-15(9-10)18(16,17)12-7-3-2-6-11(12)13/h2-3,6-7,10,14H,4-5,8-9H2,1H3. The molecule has 1 saturated heterocycles. The van der Waals surface area contributed by atoms with Crippen LogP contribution in [0.1, 0.15) is 12.8 Å². The Labute approximate surface area is 113 Å². The highest BCUT2D eigenvalue weighted by atomic mass is 35.5. The normalized spacial score (nSPS) is 22.0. The van der Waals surface area contributed by atoms with Crippen molar-refractivity contribution < 1.29 is 8.42 Å². The van der Waals surface area contributed by atoms with E-state index < -0.39 is 10.0 Å². The van der Waals surface area contributed by atoms with E-state index in [1.165, 1.54) is 4.31 Å². The molecule has 0 aromatic heterocycles. The lowest BCUT2D eigenvalue weighted by Gasteiger charge is -2.31. The Morgan fingerprint density at radius 3 is 2.78 bits per heavy atom. The van der Waals surface area contributed by atoms with Gasteiger partial charge in [-0.1, -0.05) is 23.7 Å². The second kappa shape index (κ2) is 5.57. The number of nitrogens with one attached hydrogen (secondary N) is 1. The molecule has 1 N–H and O–H groups in total. The highest BCUT2D eigenvalue weighted by Gasteiger charge is 2.30. The Morgan fingerprint density at radius 1 is 1.39 bits per heavy atom. The quantitative estimate of drug-likeness (QED) is 0.921. The molecular formula is C12H17ClN2O2S. The van der Waals surface area contributed by atoms with E-state index in [9.17, 15) is 8.42 Å². The smallest absolute Gasteiger partial charge is 0.244 e. The van der Waals surface area contributed by atoms with Gasteiger partial charge in [0.15, 0.2) is 0 Å². The zero-order chi connectivity index (χ0) is 13.2. The van der Waals surface area contributed by atoms with E-state index in [1.807, 2.05) is 7.05 Å². The number of rotatable bonds is 3. The van der Waals surface area contributed by atoms with Gasteiger partial charge in [0.1, 0.15) is 4.90 Å². The van der Waals surface area contributed by atoms with Crippen molar-refractivity contribution in [1.82, 2.24) is 9.62 Å². The van der Waals surface area contributed by atoms with Crippen molar-refractivity contribution in [2.75, 3.05) is 20.1 Å². The second-order valence-electron chi connectivity index (χ2n) is 4.42. The highest BCUT2D eigenvalue weighted by molar-refractivity contribution is 7.89. The van der Waals surface area contributed by atoms with Gasteiger partial charge in [0, 0.05) is 19.1 Å². The van der Waals surface area contributed by atoms with Crippen molar-refractivity contribution >= 4 is 21.6 Å². The lowest BCUT2D eigenvalue weighted by Crippen LogP contribution is -2.46. The second-order valence-corrected chi connectivity index (χ2v) is 6.73. The van der Waals surface area contributed by atoms with Crippen LogP contribution in [0.5, 0.6) is 0 Å². The lowest BCUT2D eigenvalue weighted by atomic mass is 10.1. The minimum Gasteiger partial charge on any atom is -0.316 e. The fourth-order valence-corrected chi connectivity index (χ4v) is 4.21. The van der Waals surface area contributed by atoms with Crippen molar-refractivity contribution in [3.05, 3.63) is 29.3 Å². The summed E-state index contributed by atoms with van der Waals surface area (Å²) in [5.74, 6) is 0. The fraction of sp³-hybridized carbons (Fsp3) is 0.500. The number of hydrogen-bond acceptors (Lipinski definition) is 3. The van der Waals surface area contributed by atoms with E-state index in [0.29, 0.717) is 13.1 Å². The van der Waals surface area contributed by atoms with Gasteiger partial charge in [-0.25, -0.2) is 8.42 Å². The molecule has 1 unspecified atom stereocenters. The predicted molar refractivity (Wildman–Crippen MR) is 72.3 cm³/mol. The zero-order valence-electron chi connectivity index (χ0n) is 10.3. The van der Waals surface area contributed by atoms with Gasteiger partial charge in [0.25, 0.3) is 0 Å². The number of benzene rings is 1. The topological polar surface area (TPSA) is 49.4 Å². The zero-order valence-corrected chi connectivity index (χ0v) is 11.8. The number of nitrogens with zero attached hydrogens (tertiary/aromatic N) is 1. The molecule has 1 aromatic carbocycles. The van der Waals surface area contributed by atoms with Crippen LogP contribution in [0, 0.1) is 0 Å². The lowest BCUT2D eigenvalue weighted by molar-refractivity contribution is 0.293. The summed E-state index contributed by atoms with van der Waals surface area (Å²) in [5.41, 5.74) is 0. The number of hydrogen-bond donors (Lipinski definition) is 1. The van der Waals surface area contributed by atoms with Crippen LogP contribution in [0.15, 0.2) is 29.2 Å². The third-order valence-electron chi connectivity index (χ3n) is 3.25. The molecule has 2 rings (SSSR count). The molecule has 0 bridgehead atoms. The summed E-state index contributed by atoms with van der Waals surface area (Å²) in [4.78, 5) is 0.198. The molecule has 6 heteroatoms. The van der Waals surface area contributed by atoms with Gasteiger partial charge in [-0.2, -0.15) is 4.31 Å². The largest absolute Gasteiger partial charge is 0.316 e. The first kappa shape index (κ1) is 13.8. The Kier molecular flexibility index (Phi) is 4.27. The van der Waals surface area contributed by atoms with Gasteiger partial charge in [0.2, 0.25) is 10.0 Å². The Hall–Kier alpha value is -0.620. The summed E-state index contributed by atoms with van der Waals surface area (Å²) >= 11 is 5.98. The first-order chi connectivity index (χ1) is 8.55. The summed E-state index contributed by atoms with van der Waals surface area (Å²) in [5, 5.41) is 3.41. The van der Waals surface area contributed by atoms with Crippen LogP contribution < -0.4 is 5.32 Å². The molecule has 1 aliphatic heterocycles. The van der Waals surface area contributed by atoms with Crippen molar-refractivity contribution in [3.8, 4) is 0 Å². The van der Waals surface area contributed by atoms with E-state index in [1.54, 1.807) is 24.3 Å². The first-order valence-electron chi connectivity index (χ1n) is 5.97.